The fourth-order valence-corrected chi connectivity index (χ4v) is 8.21. The summed E-state index contributed by atoms with van der Waals surface area (Å²) >= 11 is 0. The van der Waals surface area contributed by atoms with E-state index in [0.717, 1.165) is 38.8 Å². The number of hydrogen-bond donors (Lipinski definition) is 0. The standard InChI is InChI=1S/C48H30N2O/c1-3-13-31(14-4-1)39-29-35(30-42-38-19-9-12-22-47(38)51-48(39)42)50-44-21-11-8-18-37(44)41-28-33(24-26-46(41)50)32-23-25-45-40(27-32)36-17-7-10-20-43(36)49(45)34-15-5-2-6-16-34/h1-30H. The number of fused-ring (bicyclic) bond motifs is 9. The summed E-state index contributed by atoms with van der Waals surface area (Å²) in [4.78, 5) is 0. The fraction of sp³-hybridized carbons (Fsp3) is 0. The number of furan rings is 1. The van der Waals surface area contributed by atoms with Gasteiger partial charge in [-0.05, 0) is 83.4 Å². The van der Waals surface area contributed by atoms with Crippen molar-refractivity contribution in [2.75, 3.05) is 0 Å². The highest BCUT2D eigenvalue weighted by Gasteiger charge is 2.19. The van der Waals surface area contributed by atoms with Crippen molar-refractivity contribution in [1.29, 1.82) is 0 Å². The Morgan fingerprint density at radius 3 is 1.47 bits per heavy atom. The molecule has 0 aliphatic carbocycles. The summed E-state index contributed by atoms with van der Waals surface area (Å²) in [5.41, 5.74) is 13.5. The molecule has 51 heavy (non-hydrogen) atoms. The summed E-state index contributed by atoms with van der Waals surface area (Å²) in [6, 6.07) is 65.5. The molecular weight excluding hydrogens is 621 g/mol. The van der Waals surface area contributed by atoms with E-state index in [2.05, 4.69) is 185 Å². The van der Waals surface area contributed by atoms with Gasteiger partial charge in [0.15, 0.2) is 0 Å². The number of rotatable bonds is 4. The average Bonchev–Trinajstić information content (AvgIpc) is 3.85. The van der Waals surface area contributed by atoms with Crippen LogP contribution >= 0.6 is 0 Å². The maximum absolute atomic E-state index is 6.52. The largest absolute Gasteiger partial charge is 0.455 e. The molecule has 0 saturated heterocycles. The highest BCUT2D eigenvalue weighted by Crippen LogP contribution is 2.42. The van der Waals surface area contributed by atoms with E-state index in [1.807, 2.05) is 6.07 Å². The van der Waals surface area contributed by atoms with Crippen LogP contribution in [0.2, 0.25) is 0 Å². The second kappa shape index (κ2) is 10.8. The van der Waals surface area contributed by atoms with Crippen LogP contribution in [0.25, 0.3) is 99.2 Å². The number of hydrogen-bond acceptors (Lipinski definition) is 1. The molecule has 0 N–H and O–H groups in total. The van der Waals surface area contributed by atoms with E-state index in [9.17, 15) is 0 Å². The van der Waals surface area contributed by atoms with Crippen LogP contribution < -0.4 is 0 Å². The minimum absolute atomic E-state index is 0.901. The number of para-hydroxylation sites is 4. The summed E-state index contributed by atoms with van der Waals surface area (Å²) in [6.45, 7) is 0. The minimum atomic E-state index is 0.901. The lowest BCUT2D eigenvalue weighted by molar-refractivity contribution is 0.670. The summed E-state index contributed by atoms with van der Waals surface area (Å²) < 4.78 is 11.3. The second-order valence-corrected chi connectivity index (χ2v) is 13.3. The van der Waals surface area contributed by atoms with Crippen molar-refractivity contribution in [2.45, 2.75) is 0 Å². The number of benzene rings is 8. The van der Waals surface area contributed by atoms with Crippen molar-refractivity contribution in [1.82, 2.24) is 9.13 Å². The Morgan fingerprint density at radius 1 is 0.314 bits per heavy atom. The molecule has 0 spiro atoms. The predicted octanol–water partition coefficient (Wildman–Crippen LogP) is 13.1. The zero-order valence-corrected chi connectivity index (χ0v) is 27.6. The molecule has 0 bridgehead atoms. The molecule has 238 valence electrons. The van der Waals surface area contributed by atoms with E-state index in [-0.39, 0.29) is 0 Å². The minimum Gasteiger partial charge on any atom is -0.455 e. The van der Waals surface area contributed by atoms with E-state index in [1.165, 1.54) is 60.4 Å². The van der Waals surface area contributed by atoms with Crippen molar-refractivity contribution in [2.24, 2.45) is 0 Å². The van der Waals surface area contributed by atoms with E-state index in [0.29, 0.717) is 0 Å². The van der Waals surface area contributed by atoms with Gasteiger partial charge in [-0.15, -0.1) is 0 Å². The van der Waals surface area contributed by atoms with E-state index in [4.69, 9.17) is 4.42 Å². The van der Waals surface area contributed by atoms with Gasteiger partial charge in [0.1, 0.15) is 11.2 Å². The summed E-state index contributed by atoms with van der Waals surface area (Å²) in [6.07, 6.45) is 0. The van der Waals surface area contributed by atoms with Crippen molar-refractivity contribution < 1.29 is 4.42 Å². The first-order valence-electron chi connectivity index (χ1n) is 17.4. The molecule has 0 saturated carbocycles. The van der Waals surface area contributed by atoms with Crippen molar-refractivity contribution >= 4 is 65.6 Å². The molecule has 0 fully saturated rings. The zero-order chi connectivity index (χ0) is 33.5. The molecule has 3 heterocycles. The molecule has 3 nitrogen and oxygen atoms in total. The van der Waals surface area contributed by atoms with Gasteiger partial charge in [0.2, 0.25) is 0 Å². The van der Waals surface area contributed by atoms with Gasteiger partial charge in [0.05, 0.1) is 22.1 Å². The first-order valence-corrected chi connectivity index (χ1v) is 17.4. The Labute approximate surface area is 293 Å². The molecular formula is C48H30N2O. The van der Waals surface area contributed by atoms with Crippen LogP contribution in [0.15, 0.2) is 186 Å². The topological polar surface area (TPSA) is 23.0 Å². The van der Waals surface area contributed by atoms with Crippen molar-refractivity contribution in [3.63, 3.8) is 0 Å². The third-order valence-electron chi connectivity index (χ3n) is 10.5. The molecule has 8 aromatic carbocycles. The lowest BCUT2D eigenvalue weighted by Gasteiger charge is -2.12. The van der Waals surface area contributed by atoms with Gasteiger partial charge in [-0.2, -0.15) is 0 Å². The molecule has 0 aliphatic heterocycles. The highest BCUT2D eigenvalue weighted by atomic mass is 16.3. The summed E-state index contributed by atoms with van der Waals surface area (Å²) in [5.74, 6) is 0. The van der Waals surface area contributed by atoms with Crippen molar-refractivity contribution in [3.8, 4) is 33.6 Å². The van der Waals surface area contributed by atoms with Gasteiger partial charge in [-0.25, -0.2) is 0 Å². The smallest absolute Gasteiger partial charge is 0.143 e. The predicted molar refractivity (Wildman–Crippen MR) is 213 cm³/mol. The molecule has 0 unspecified atom stereocenters. The fourth-order valence-electron chi connectivity index (χ4n) is 8.21. The van der Waals surface area contributed by atoms with Crippen LogP contribution in [0.4, 0.5) is 0 Å². The van der Waals surface area contributed by atoms with E-state index < -0.39 is 0 Å². The van der Waals surface area contributed by atoms with Gasteiger partial charge in [0.25, 0.3) is 0 Å². The van der Waals surface area contributed by atoms with Gasteiger partial charge in [-0.3, -0.25) is 0 Å². The molecule has 0 aliphatic rings. The lowest BCUT2D eigenvalue weighted by atomic mass is 10.0. The maximum atomic E-state index is 6.52. The third-order valence-corrected chi connectivity index (χ3v) is 10.5. The Morgan fingerprint density at radius 2 is 0.824 bits per heavy atom. The maximum Gasteiger partial charge on any atom is 0.143 e. The second-order valence-electron chi connectivity index (χ2n) is 13.3. The van der Waals surface area contributed by atoms with Crippen LogP contribution in [0.1, 0.15) is 0 Å². The average molecular weight is 651 g/mol. The first-order chi connectivity index (χ1) is 25.3. The lowest BCUT2D eigenvalue weighted by Crippen LogP contribution is -1.95. The van der Waals surface area contributed by atoms with Crippen LogP contribution in [0.5, 0.6) is 0 Å². The Kier molecular flexibility index (Phi) is 5.96. The Balaban J connectivity index is 1.14. The number of aromatic nitrogens is 2. The Hall–Kier alpha value is -6.84. The molecule has 11 aromatic rings. The van der Waals surface area contributed by atoms with Gasteiger partial charge in [0, 0.05) is 49.3 Å². The van der Waals surface area contributed by atoms with Crippen molar-refractivity contribution in [3.05, 3.63) is 182 Å². The molecule has 3 heteroatoms. The van der Waals surface area contributed by atoms with Crippen LogP contribution in [0, 0.1) is 0 Å². The number of nitrogens with zero attached hydrogens (tertiary/aromatic N) is 2. The first kappa shape index (κ1) is 28.0. The summed E-state index contributed by atoms with van der Waals surface area (Å²) in [7, 11) is 0. The quantitative estimate of drug-likeness (QED) is 0.186. The van der Waals surface area contributed by atoms with Gasteiger partial charge in [-0.1, -0.05) is 115 Å². The van der Waals surface area contributed by atoms with Crippen LogP contribution in [-0.4, -0.2) is 9.13 Å². The molecule has 3 aromatic heterocycles. The van der Waals surface area contributed by atoms with E-state index in [1.54, 1.807) is 0 Å². The van der Waals surface area contributed by atoms with Gasteiger partial charge < -0.3 is 13.6 Å². The van der Waals surface area contributed by atoms with Crippen LogP contribution in [0.3, 0.4) is 0 Å². The molecule has 0 radical (unpaired) electrons. The SMILES string of the molecule is c1ccc(-c2cc(-n3c4ccccc4c4cc(-c5ccc6c(c5)c5ccccc5n6-c5ccccc5)ccc43)cc3c2oc2ccccc23)cc1. The third kappa shape index (κ3) is 4.19. The molecule has 11 rings (SSSR count). The normalized spacial score (nSPS) is 11.9. The molecule has 0 atom stereocenters. The van der Waals surface area contributed by atoms with E-state index >= 15 is 0 Å². The zero-order valence-electron chi connectivity index (χ0n) is 27.6. The van der Waals surface area contributed by atoms with Gasteiger partial charge >= 0.3 is 0 Å². The molecule has 0 amide bonds. The highest BCUT2D eigenvalue weighted by molar-refractivity contribution is 6.14. The Bertz CT molecular complexity index is 3130. The van der Waals surface area contributed by atoms with Crippen LogP contribution in [-0.2, 0) is 0 Å². The summed E-state index contributed by atoms with van der Waals surface area (Å²) in [5, 5.41) is 7.21. The monoisotopic (exact) mass is 650 g/mol.